The van der Waals surface area contributed by atoms with E-state index in [0.717, 1.165) is 17.7 Å². The van der Waals surface area contributed by atoms with Gasteiger partial charge in [0.2, 0.25) is 5.91 Å². The van der Waals surface area contributed by atoms with Crippen molar-refractivity contribution in [2.75, 3.05) is 40.5 Å². The minimum atomic E-state index is -0.384. The fourth-order valence-electron chi connectivity index (χ4n) is 2.47. The highest BCUT2D eigenvalue weighted by molar-refractivity contribution is 5.92. The predicted molar refractivity (Wildman–Crippen MR) is 106 cm³/mol. The zero-order valence-corrected chi connectivity index (χ0v) is 16.8. The Kier molecular flexibility index (Phi) is 10.9. The van der Waals surface area contributed by atoms with Crippen molar-refractivity contribution in [1.29, 1.82) is 0 Å². The summed E-state index contributed by atoms with van der Waals surface area (Å²) in [5.74, 6) is -0.0438. The molecule has 0 heterocycles. The van der Waals surface area contributed by atoms with Gasteiger partial charge in [-0.05, 0) is 36.6 Å². The van der Waals surface area contributed by atoms with Gasteiger partial charge in [-0.25, -0.2) is 0 Å². The summed E-state index contributed by atoms with van der Waals surface area (Å²) in [6.45, 7) is 5.87. The maximum absolute atomic E-state index is 12.6. The summed E-state index contributed by atoms with van der Waals surface area (Å²) in [6.07, 6.45) is 4.95. The lowest BCUT2D eigenvalue weighted by molar-refractivity contribution is -0.146. The van der Waals surface area contributed by atoms with Gasteiger partial charge < -0.3 is 19.1 Å². The van der Waals surface area contributed by atoms with Crippen LogP contribution in [0.4, 0.5) is 0 Å². The normalized spacial score (nSPS) is 12.0. The maximum Gasteiger partial charge on any atom is 0.310 e. The first-order chi connectivity index (χ1) is 13.0. The van der Waals surface area contributed by atoms with Crippen molar-refractivity contribution < 1.29 is 23.8 Å². The topological polar surface area (TPSA) is 65.1 Å². The van der Waals surface area contributed by atoms with E-state index in [1.165, 1.54) is 13.2 Å². The number of carbonyl (C=O) groups is 2. The summed E-state index contributed by atoms with van der Waals surface area (Å²) in [4.78, 5) is 25.9. The Labute approximate surface area is 162 Å². The third-order valence-electron chi connectivity index (χ3n) is 3.96. The van der Waals surface area contributed by atoms with Crippen molar-refractivity contribution in [3.8, 4) is 5.75 Å². The lowest BCUT2D eigenvalue weighted by Crippen LogP contribution is -2.37. The molecule has 0 aliphatic heterocycles. The summed E-state index contributed by atoms with van der Waals surface area (Å²) in [5, 5.41) is 0. The lowest BCUT2D eigenvalue weighted by atomic mass is 10.1. The zero-order valence-electron chi connectivity index (χ0n) is 16.8. The molecule has 6 heteroatoms. The van der Waals surface area contributed by atoms with Gasteiger partial charge in [0.25, 0.3) is 0 Å². The monoisotopic (exact) mass is 377 g/mol. The smallest absolute Gasteiger partial charge is 0.310 e. The van der Waals surface area contributed by atoms with Crippen molar-refractivity contribution in [3.63, 3.8) is 0 Å². The largest absolute Gasteiger partial charge is 0.494 e. The van der Waals surface area contributed by atoms with Crippen LogP contribution in [0.1, 0.15) is 32.3 Å². The molecule has 1 amide bonds. The molecule has 1 aromatic rings. The van der Waals surface area contributed by atoms with E-state index in [0.29, 0.717) is 32.7 Å². The molecule has 0 aliphatic carbocycles. The minimum Gasteiger partial charge on any atom is -0.494 e. The first-order valence-corrected chi connectivity index (χ1v) is 9.28. The molecule has 1 aromatic carbocycles. The molecule has 0 bridgehead atoms. The van der Waals surface area contributed by atoms with Crippen molar-refractivity contribution >= 4 is 18.0 Å². The fourth-order valence-corrected chi connectivity index (χ4v) is 2.47. The Bertz CT molecular complexity index is 597. The van der Waals surface area contributed by atoms with Gasteiger partial charge in [-0.15, -0.1) is 0 Å². The Morgan fingerprint density at radius 2 is 1.85 bits per heavy atom. The first-order valence-electron chi connectivity index (χ1n) is 9.28. The quantitative estimate of drug-likeness (QED) is 0.318. The van der Waals surface area contributed by atoms with Crippen LogP contribution >= 0.6 is 0 Å². The molecule has 0 aromatic heterocycles. The molecule has 1 atom stereocenters. The van der Waals surface area contributed by atoms with E-state index >= 15 is 0 Å². The molecule has 0 saturated heterocycles. The third-order valence-corrected chi connectivity index (χ3v) is 3.96. The standard InChI is InChI=1S/C21H31NO5/c1-5-14-27-19-10-7-18(8-11-19)9-12-20(23)22(13-6-15-25-3)16-17(2)21(24)26-4/h7-12,17H,5-6,13-16H2,1-4H3/b12-9+. The van der Waals surface area contributed by atoms with Gasteiger partial charge in [0.15, 0.2) is 0 Å². The van der Waals surface area contributed by atoms with Gasteiger partial charge in [0, 0.05) is 32.9 Å². The van der Waals surface area contributed by atoms with E-state index in [-0.39, 0.29) is 17.8 Å². The lowest BCUT2D eigenvalue weighted by Gasteiger charge is -2.23. The Hall–Kier alpha value is -2.34. The summed E-state index contributed by atoms with van der Waals surface area (Å²) < 4.78 is 15.4. The van der Waals surface area contributed by atoms with Gasteiger partial charge in [-0.3, -0.25) is 9.59 Å². The number of hydrogen-bond acceptors (Lipinski definition) is 5. The van der Waals surface area contributed by atoms with Crippen LogP contribution in [0.25, 0.3) is 6.08 Å². The molecule has 1 rings (SSSR count). The average Bonchev–Trinajstić information content (AvgIpc) is 2.69. The molecule has 6 nitrogen and oxygen atoms in total. The van der Waals surface area contributed by atoms with Crippen molar-refractivity contribution in [2.24, 2.45) is 5.92 Å². The Morgan fingerprint density at radius 1 is 1.15 bits per heavy atom. The number of carbonyl (C=O) groups excluding carboxylic acids is 2. The average molecular weight is 377 g/mol. The highest BCUT2D eigenvalue weighted by Gasteiger charge is 2.20. The van der Waals surface area contributed by atoms with Crippen LogP contribution in [0.5, 0.6) is 5.75 Å². The molecule has 150 valence electrons. The molecule has 0 spiro atoms. The molecule has 0 saturated carbocycles. The van der Waals surface area contributed by atoms with Crippen LogP contribution < -0.4 is 4.74 Å². The van der Waals surface area contributed by atoms with E-state index in [1.54, 1.807) is 25.0 Å². The van der Waals surface area contributed by atoms with Gasteiger partial charge in [0.1, 0.15) is 5.75 Å². The van der Waals surface area contributed by atoms with Crippen molar-refractivity contribution in [1.82, 2.24) is 4.90 Å². The minimum absolute atomic E-state index is 0.145. The van der Waals surface area contributed by atoms with Crippen LogP contribution in [0, 0.1) is 5.92 Å². The van der Waals surface area contributed by atoms with E-state index in [2.05, 4.69) is 6.92 Å². The van der Waals surface area contributed by atoms with E-state index < -0.39 is 0 Å². The Balaban J connectivity index is 2.72. The predicted octanol–water partition coefficient (Wildman–Crippen LogP) is 3.16. The number of benzene rings is 1. The second-order valence-electron chi connectivity index (χ2n) is 6.31. The van der Waals surface area contributed by atoms with E-state index in [9.17, 15) is 9.59 Å². The fraction of sp³-hybridized carbons (Fsp3) is 0.524. The zero-order chi connectivity index (χ0) is 20.1. The number of ether oxygens (including phenoxy) is 3. The van der Waals surface area contributed by atoms with Crippen molar-refractivity contribution in [3.05, 3.63) is 35.9 Å². The number of hydrogen-bond donors (Lipinski definition) is 0. The maximum atomic E-state index is 12.6. The molecule has 27 heavy (non-hydrogen) atoms. The van der Waals surface area contributed by atoms with Gasteiger partial charge in [-0.2, -0.15) is 0 Å². The van der Waals surface area contributed by atoms with Crippen LogP contribution in [0.3, 0.4) is 0 Å². The SMILES string of the molecule is CCCOc1ccc(/C=C/C(=O)N(CCCOC)CC(C)C(=O)OC)cc1. The Morgan fingerprint density at radius 3 is 2.44 bits per heavy atom. The highest BCUT2D eigenvalue weighted by atomic mass is 16.5. The van der Waals surface area contributed by atoms with Gasteiger partial charge in [0.05, 0.1) is 19.6 Å². The molecular weight excluding hydrogens is 346 g/mol. The molecule has 0 fully saturated rings. The van der Waals surface area contributed by atoms with Crippen molar-refractivity contribution in [2.45, 2.75) is 26.7 Å². The van der Waals surface area contributed by atoms with Crippen LogP contribution in [-0.4, -0.2) is 57.3 Å². The number of rotatable bonds is 12. The molecule has 0 radical (unpaired) electrons. The molecule has 0 aliphatic rings. The van der Waals surface area contributed by atoms with Gasteiger partial charge in [-0.1, -0.05) is 26.0 Å². The summed E-state index contributed by atoms with van der Waals surface area (Å²) in [5.41, 5.74) is 0.907. The second kappa shape index (κ2) is 12.9. The van der Waals surface area contributed by atoms with Gasteiger partial charge >= 0.3 is 5.97 Å². The third kappa shape index (κ3) is 8.73. The number of methoxy groups -OCH3 is 2. The first kappa shape index (κ1) is 22.7. The van der Waals surface area contributed by atoms with E-state index in [1.807, 2.05) is 24.3 Å². The number of nitrogens with zero attached hydrogens (tertiary/aromatic N) is 1. The highest BCUT2D eigenvalue weighted by Crippen LogP contribution is 2.14. The number of amides is 1. The number of esters is 1. The second-order valence-corrected chi connectivity index (χ2v) is 6.31. The molecule has 0 N–H and O–H groups in total. The van der Waals surface area contributed by atoms with Crippen LogP contribution in [0.15, 0.2) is 30.3 Å². The summed E-state index contributed by atoms with van der Waals surface area (Å²) >= 11 is 0. The van der Waals surface area contributed by atoms with E-state index in [4.69, 9.17) is 14.2 Å². The molecule has 1 unspecified atom stereocenters. The summed E-state index contributed by atoms with van der Waals surface area (Å²) in [7, 11) is 2.97. The van der Waals surface area contributed by atoms with Crippen LogP contribution in [0.2, 0.25) is 0 Å². The van der Waals surface area contributed by atoms with Crippen LogP contribution in [-0.2, 0) is 19.1 Å². The molecular formula is C21H31NO5. The summed E-state index contributed by atoms with van der Waals surface area (Å²) in [6, 6.07) is 7.58.